The Balaban J connectivity index is 2.08. The summed E-state index contributed by atoms with van der Waals surface area (Å²) >= 11 is 0. The van der Waals surface area contributed by atoms with Crippen molar-refractivity contribution in [1.82, 2.24) is 0 Å². The van der Waals surface area contributed by atoms with E-state index in [1.807, 2.05) is 0 Å². The normalized spacial score (nSPS) is 43.0. The summed E-state index contributed by atoms with van der Waals surface area (Å²) in [5, 5.41) is 0. The smallest absolute Gasteiger partial charge is 0.139 e. The molecule has 2 fully saturated rings. The van der Waals surface area contributed by atoms with Crippen LogP contribution in [0, 0.1) is 17.8 Å². The zero-order valence-corrected chi connectivity index (χ0v) is 6.75. The van der Waals surface area contributed by atoms with E-state index in [1.165, 1.54) is 0 Å². The molecule has 0 heterocycles. The Hall–Kier alpha value is -0.370. The van der Waals surface area contributed by atoms with Crippen LogP contribution in [0.5, 0.6) is 0 Å². The molecule has 2 rings (SSSR count). The van der Waals surface area contributed by atoms with Gasteiger partial charge in [-0.2, -0.15) is 0 Å². The standard InChI is InChI=1S/C9H15NO/c10-5-6-3-7-1-2-8(4-6)9(7)11/h6-8H,1-5,10H2. The van der Waals surface area contributed by atoms with Gasteiger partial charge in [0.1, 0.15) is 5.78 Å². The zero-order valence-electron chi connectivity index (χ0n) is 6.75. The topological polar surface area (TPSA) is 43.1 Å². The lowest BCUT2D eigenvalue weighted by Crippen LogP contribution is -2.29. The van der Waals surface area contributed by atoms with Crippen LogP contribution in [0.15, 0.2) is 0 Å². The van der Waals surface area contributed by atoms with Gasteiger partial charge in [-0.3, -0.25) is 4.79 Å². The van der Waals surface area contributed by atoms with Gasteiger partial charge in [-0.25, -0.2) is 0 Å². The van der Waals surface area contributed by atoms with Crippen LogP contribution >= 0.6 is 0 Å². The van der Waals surface area contributed by atoms with Crippen molar-refractivity contribution in [2.75, 3.05) is 6.54 Å². The van der Waals surface area contributed by atoms with Gasteiger partial charge in [0, 0.05) is 11.8 Å². The molecule has 2 N–H and O–H groups in total. The van der Waals surface area contributed by atoms with E-state index in [9.17, 15) is 4.79 Å². The van der Waals surface area contributed by atoms with E-state index < -0.39 is 0 Å². The van der Waals surface area contributed by atoms with Crippen molar-refractivity contribution in [3.8, 4) is 0 Å². The second-order valence-electron chi connectivity index (χ2n) is 3.95. The van der Waals surface area contributed by atoms with Crippen LogP contribution in [0.25, 0.3) is 0 Å². The van der Waals surface area contributed by atoms with E-state index in [0.717, 1.165) is 32.2 Å². The van der Waals surface area contributed by atoms with Gasteiger partial charge in [0.25, 0.3) is 0 Å². The third kappa shape index (κ3) is 1.09. The van der Waals surface area contributed by atoms with Crippen molar-refractivity contribution in [3.63, 3.8) is 0 Å². The third-order valence-electron chi connectivity index (χ3n) is 3.24. The molecule has 0 radical (unpaired) electrons. The molecule has 2 aliphatic carbocycles. The van der Waals surface area contributed by atoms with Crippen molar-refractivity contribution >= 4 is 5.78 Å². The first-order chi connectivity index (χ1) is 5.31. The molecule has 2 atom stereocenters. The summed E-state index contributed by atoms with van der Waals surface area (Å²) in [6.45, 7) is 0.778. The van der Waals surface area contributed by atoms with Gasteiger partial charge in [0.2, 0.25) is 0 Å². The Kier molecular flexibility index (Phi) is 1.72. The van der Waals surface area contributed by atoms with Crippen molar-refractivity contribution < 1.29 is 4.79 Å². The number of rotatable bonds is 1. The Bertz CT molecular complexity index is 162. The number of carbonyl (C=O) groups excluding carboxylic acids is 1. The van der Waals surface area contributed by atoms with Crippen LogP contribution in [0.2, 0.25) is 0 Å². The number of ketones is 1. The van der Waals surface area contributed by atoms with Gasteiger partial charge >= 0.3 is 0 Å². The molecule has 0 saturated heterocycles. The summed E-state index contributed by atoms with van der Waals surface area (Å²) < 4.78 is 0. The molecule has 0 spiro atoms. The number of Topliss-reactive ketones (excluding diaryl/α,β-unsaturated/α-hetero) is 1. The van der Waals surface area contributed by atoms with E-state index in [-0.39, 0.29) is 0 Å². The highest BCUT2D eigenvalue weighted by atomic mass is 16.1. The highest BCUT2D eigenvalue weighted by molar-refractivity contribution is 5.86. The molecule has 2 aliphatic rings. The van der Waals surface area contributed by atoms with Crippen LogP contribution in [0.4, 0.5) is 0 Å². The van der Waals surface area contributed by atoms with Crippen molar-refractivity contribution in [2.24, 2.45) is 23.5 Å². The molecule has 2 nitrogen and oxygen atoms in total. The van der Waals surface area contributed by atoms with Crippen molar-refractivity contribution in [1.29, 1.82) is 0 Å². The minimum atomic E-state index is 0.391. The first-order valence-corrected chi connectivity index (χ1v) is 4.55. The van der Waals surface area contributed by atoms with Gasteiger partial charge in [-0.15, -0.1) is 0 Å². The van der Waals surface area contributed by atoms with E-state index in [1.54, 1.807) is 0 Å². The Morgan fingerprint density at radius 2 is 1.82 bits per heavy atom. The summed E-state index contributed by atoms with van der Waals surface area (Å²) in [6, 6.07) is 0. The van der Waals surface area contributed by atoms with Gasteiger partial charge < -0.3 is 5.73 Å². The maximum Gasteiger partial charge on any atom is 0.139 e. The SMILES string of the molecule is NCC1CC2CCC(C1)C2=O. The van der Waals surface area contributed by atoms with Crippen LogP contribution in [0.3, 0.4) is 0 Å². The number of nitrogens with two attached hydrogens (primary N) is 1. The van der Waals surface area contributed by atoms with Crippen molar-refractivity contribution in [2.45, 2.75) is 25.7 Å². The average molecular weight is 153 g/mol. The lowest BCUT2D eigenvalue weighted by Gasteiger charge is -2.25. The average Bonchev–Trinajstić information content (AvgIpc) is 2.26. The zero-order chi connectivity index (χ0) is 7.84. The van der Waals surface area contributed by atoms with Crippen LogP contribution in [-0.4, -0.2) is 12.3 Å². The Labute approximate surface area is 67.1 Å². The second-order valence-corrected chi connectivity index (χ2v) is 3.95. The van der Waals surface area contributed by atoms with Crippen LogP contribution in [0.1, 0.15) is 25.7 Å². The lowest BCUT2D eigenvalue weighted by atomic mass is 9.80. The molecule has 0 aromatic heterocycles. The molecular formula is C9H15NO. The predicted molar refractivity (Wildman–Crippen MR) is 43.0 cm³/mol. The molecule has 11 heavy (non-hydrogen) atoms. The van der Waals surface area contributed by atoms with Crippen LogP contribution < -0.4 is 5.73 Å². The van der Waals surface area contributed by atoms with Gasteiger partial charge in [-0.05, 0) is 38.1 Å². The number of hydrogen-bond acceptors (Lipinski definition) is 2. The quantitative estimate of drug-likeness (QED) is 0.609. The predicted octanol–water partition coefficient (Wildman–Crippen LogP) is 0.950. The van der Waals surface area contributed by atoms with Crippen molar-refractivity contribution in [3.05, 3.63) is 0 Å². The lowest BCUT2D eigenvalue weighted by molar-refractivity contribution is -0.126. The van der Waals surface area contributed by atoms with Gasteiger partial charge in [0.15, 0.2) is 0 Å². The Morgan fingerprint density at radius 1 is 1.27 bits per heavy atom. The van der Waals surface area contributed by atoms with E-state index in [0.29, 0.717) is 23.5 Å². The fourth-order valence-electron chi connectivity index (χ4n) is 2.58. The van der Waals surface area contributed by atoms with Gasteiger partial charge in [-0.1, -0.05) is 0 Å². The molecule has 2 unspecified atom stereocenters. The van der Waals surface area contributed by atoms with E-state index in [2.05, 4.69) is 0 Å². The summed E-state index contributed by atoms with van der Waals surface area (Å²) in [7, 11) is 0. The highest BCUT2D eigenvalue weighted by Crippen LogP contribution is 2.41. The Morgan fingerprint density at radius 3 is 2.27 bits per heavy atom. The molecule has 0 aromatic carbocycles. The molecule has 0 aliphatic heterocycles. The summed E-state index contributed by atoms with van der Waals surface area (Å²) in [5.41, 5.74) is 5.59. The number of fused-ring (bicyclic) bond motifs is 2. The second kappa shape index (κ2) is 2.59. The number of hydrogen-bond donors (Lipinski definition) is 1. The maximum atomic E-state index is 11.4. The fraction of sp³-hybridized carbons (Fsp3) is 0.889. The van der Waals surface area contributed by atoms with E-state index in [4.69, 9.17) is 5.73 Å². The minimum absolute atomic E-state index is 0.391. The largest absolute Gasteiger partial charge is 0.330 e. The highest BCUT2D eigenvalue weighted by Gasteiger charge is 2.40. The van der Waals surface area contributed by atoms with Crippen LogP contribution in [-0.2, 0) is 4.79 Å². The first-order valence-electron chi connectivity index (χ1n) is 4.55. The summed E-state index contributed by atoms with van der Waals surface area (Å²) in [5.74, 6) is 1.96. The molecule has 0 amide bonds. The molecule has 2 bridgehead atoms. The molecule has 62 valence electrons. The van der Waals surface area contributed by atoms with Gasteiger partial charge in [0.05, 0.1) is 0 Å². The monoisotopic (exact) mass is 153 g/mol. The maximum absolute atomic E-state index is 11.4. The number of carbonyl (C=O) groups is 1. The minimum Gasteiger partial charge on any atom is -0.330 e. The molecular weight excluding hydrogens is 138 g/mol. The first kappa shape index (κ1) is 7.29. The molecule has 2 saturated carbocycles. The summed E-state index contributed by atoms with van der Waals surface area (Å²) in [6.07, 6.45) is 4.43. The molecule has 2 heteroatoms. The van der Waals surface area contributed by atoms with E-state index >= 15 is 0 Å². The molecule has 0 aromatic rings. The third-order valence-corrected chi connectivity index (χ3v) is 3.24. The fourth-order valence-corrected chi connectivity index (χ4v) is 2.58. The summed E-state index contributed by atoms with van der Waals surface area (Å²) in [4.78, 5) is 11.4.